The molecule has 3 N–H and O–H groups in total. The van der Waals surface area contributed by atoms with E-state index >= 15 is 0 Å². The number of rotatable bonds is 3. The van der Waals surface area contributed by atoms with Crippen molar-refractivity contribution in [3.63, 3.8) is 0 Å². The zero-order chi connectivity index (χ0) is 28.1. The van der Waals surface area contributed by atoms with E-state index in [0.29, 0.717) is 12.8 Å². The Bertz CT molecular complexity index is 1250. The largest absolute Gasteiger partial charge is 0.458 e. The molecule has 1 amide bonds. The second-order valence-corrected chi connectivity index (χ2v) is 12.6. The minimum atomic E-state index is -1.84. The van der Waals surface area contributed by atoms with Gasteiger partial charge in [-0.1, -0.05) is 49.4 Å². The first-order chi connectivity index (χ1) is 18.3. The maximum atomic E-state index is 14.4. The third-order valence-electron chi connectivity index (χ3n) is 10.3. The summed E-state index contributed by atoms with van der Waals surface area (Å²) in [5.41, 5.74) is -4.15. The molecule has 4 fully saturated rings. The van der Waals surface area contributed by atoms with Gasteiger partial charge in [-0.05, 0) is 39.2 Å². The van der Waals surface area contributed by atoms with Crippen LogP contribution in [0.3, 0.4) is 0 Å². The van der Waals surface area contributed by atoms with E-state index < -0.39 is 76.4 Å². The predicted octanol–water partition coefficient (Wildman–Crippen LogP) is 1.48. The number of Topliss-reactive ketones (excluding diaryl/α,β-unsaturated/α-hetero) is 1. The van der Waals surface area contributed by atoms with Gasteiger partial charge in [-0.25, -0.2) is 0 Å². The highest BCUT2D eigenvalue weighted by molar-refractivity contribution is 5.91. The SMILES string of the molecule is CC(=O)O[C@@H]1[C@@H]2O[C@H]2[C@@](C)(O)C(=O)[C@@H](C)C/C=C\[C@H]2[C@H](O)[C@]3(C)O[C@]3(C)[C@H]3[C@H](Cc4ccccc4)NC(=O)[C@@]123. The van der Waals surface area contributed by atoms with Crippen LogP contribution >= 0.6 is 0 Å². The number of allylic oxidation sites excluding steroid dienone is 1. The Morgan fingerprint density at radius 1 is 1.15 bits per heavy atom. The Morgan fingerprint density at radius 2 is 1.85 bits per heavy atom. The molecule has 1 saturated carbocycles. The fourth-order valence-electron chi connectivity index (χ4n) is 8.19. The first-order valence-electron chi connectivity index (χ1n) is 13.8. The number of aliphatic hydroxyl groups excluding tert-OH is 1. The van der Waals surface area contributed by atoms with Crippen LogP contribution in [0.1, 0.15) is 46.6 Å². The maximum absolute atomic E-state index is 14.4. The minimum absolute atomic E-state index is 0.304. The van der Waals surface area contributed by atoms with Gasteiger partial charge in [-0.2, -0.15) is 0 Å². The number of ketones is 1. The van der Waals surface area contributed by atoms with Crippen molar-refractivity contribution in [2.24, 2.45) is 23.2 Å². The van der Waals surface area contributed by atoms with E-state index in [1.165, 1.54) is 13.8 Å². The Hall–Kier alpha value is -2.59. The van der Waals surface area contributed by atoms with Gasteiger partial charge in [0.1, 0.15) is 40.5 Å². The Balaban J connectivity index is 1.56. The highest BCUT2D eigenvalue weighted by Gasteiger charge is 2.87. The van der Waals surface area contributed by atoms with Crippen LogP contribution in [-0.2, 0) is 35.0 Å². The summed E-state index contributed by atoms with van der Waals surface area (Å²) in [5, 5.41) is 26.4. The van der Waals surface area contributed by atoms with Gasteiger partial charge < -0.3 is 29.7 Å². The Labute approximate surface area is 227 Å². The number of epoxide rings is 2. The molecule has 5 aliphatic rings. The van der Waals surface area contributed by atoms with Gasteiger partial charge in [0, 0.05) is 30.7 Å². The van der Waals surface area contributed by atoms with Crippen molar-refractivity contribution in [3.05, 3.63) is 48.0 Å². The van der Waals surface area contributed by atoms with Gasteiger partial charge in [-0.15, -0.1) is 0 Å². The van der Waals surface area contributed by atoms with E-state index in [1.807, 2.05) is 44.2 Å². The van der Waals surface area contributed by atoms with Crippen molar-refractivity contribution >= 4 is 17.7 Å². The third-order valence-corrected chi connectivity index (χ3v) is 10.3. The normalized spacial score (nSPS) is 50.7. The summed E-state index contributed by atoms with van der Waals surface area (Å²) >= 11 is 0. The molecular formula is C30H37NO8. The predicted molar refractivity (Wildman–Crippen MR) is 138 cm³/mol. The summed E-state index contributed by atoms with van der Waals surface area (Å²) in [7, 11) is 0. The second kappa shape index (κ2) is 8.46. The molecule has 2 aliphatic carbocycles. The first-order valence-corrected chi connectivity index (χ1v) is 13.8. The third kappa shape index (κ3) is 3.49. The lowest BCUT2D eigenvalue weighted by Crippen LogP contribution is -2.67. The van der Waals surface area contributed by atoms with Crippen LogP contribution in [0.4, 0.5) is 0 Å². The van der Waals surface area contributed by atoms with Gasteiger partial charge in [0.2, 0.25) is 5.91 Å². The summed E-state index contributed by atoms with van der Waals surface area (Å²) in [6.45, 7) is 8.18. The Kier molecular flexibility index (Phi) is 5.77. The van der Waals surface area contributed by atoms with Gasteiger partial charge in [0.15, 0.2) is 5.78 Å². The molecule has 0 aromatic heterocycles. The van der Waals surface area contributed by atoms with Crippen LogP contribution < -0.4 is 5.32 Å². The molecular weight excluding hydrogens is 502 g/mol. The lowest BCUT2D eigenvalue weighted by atomic mass is 9.49. The molecule has 1 aromatic carbocycles. The van der Waals surface area contributed by atoms with Crippen molar-refractivity contribution < 1.29 is 38.8 Å². The highest BCUT2D eigenvalue weighted by Crippen LogP contribution is 2.71. The van der Waals surface area contributed by atoms with Crippen molar-refractivity contribution in [1.29, 1.82) is 0 Å². The molecule has 12 atom stereocenters. The molecule has 3 saturated heterocycles. The molecule has 9 heteroatoms. The van der Waals surface area contributed by atoms with Gasteiger partial charge >= 0.3 is 5.97 Å². The monoisotopic (exact) mass is 539 g/mol. The molecule has 3 heterocycles. The number of esters is 1. The van der Waals surface area contributed by atoms with Crippen LogP contribution in [-0.4, -0.2) is 75.1 Å². The van der Waals surface area contributed by atoms with Crippen molar-refractivity contribution in [2.45, 2.75) is 94.7 Å². The molecule has 3 aliphatic heterocycles. The molecule has 39 heavy (non-hydrogen) atoms. The zero-order valence-electron chi connectivity index (χ0n) is 22.9. The molecule has 1 spiro atoms. The smallest absolute Gasteiger partial charge is 0.303 e. The molecule has 210 valence electrons. The van der Waals surface area contributed by atoms with E-state index in [-0.39, 0.29) is 11.7 Å². The summed E-state index contributed by atoms with van der Waals surface area (Å²) in [6.07, 6.45) is 0.231. The van der Waals surface area contributed by atoms with Crippen LogP contribution in [0.25, 0.3) is 0 Å². The molecule has 6 rings (SSSR count). The fraction of sp³-hybridized carbons (Fsp3) is 0.633. The van der Waals surface area contributed by atoms with E-state index in [9.17, 15) is 24.6 Å². The first kappa shape index (κ1) is 26.6. The fourth-order valence-corrected chi connectivity index (χ4v) is 8.19. The number of hydrogen-bond donors (Lipinski definition) is 3. The maximum Gasteiger partial charge on any atom is 0.303 e. The second-order valence-electron chi connectivity index (χ2n) is 12.6. The summed E-state index contributed by atoms with van der Waals surface area (Å²) in [5.74, 6) is -3.22. The number of amides is 1. The highest BCUT2D eigenvalue weighted by atomic mass is 16.7. The van der Waals surface area contributed by atoms with Crippen LogP contribution in [0.15, 0.2) is 42.5 Å². The summed E-state index contributed by atoms with van der Waals surface area (Å²) < 4.78 is 18.3. The standard InChI is InChI=1S/C30H37NO8/c1-15-10-9-13-18-23(34)29(5)28(4,39-29)21-19(14-17-11-7-6-8-12-17)31-26(35)30(18,21)25(37-16(2)32)20-24(38-20)27(3,36)22(15)33/h6-9,11-13,15,18-21,23-25,34,36H,10,14H2,1-5H3,(H,31,35)/b13-9-/t15-,18-,19-,20+,21+,23-,24+,25+,27-,28+,29-,30-/m0/s1. The number of nitrogens with one attached hydrogen (secondary N) is 1. The van der Waals surface area contributed by atoms with Crippen LogP contribution in [0.2, 0.25) is 0 Å². The van der Waals surface area contributed by atoms with Gasteiger partial charge in [-0.3, -0.25) is 14.4 Å². The number of carbonyl (C=O) groups is 3. The topological polar surface area (TPSA) is 138 Å². The zero-order valence-corrected chi connectivity index (χ0v) is 22.9. The number of fused-ring (bicyclic) bond motifs is 3. The van der Waals surface area contributed by atoms with Crippen LogP contribution in [0, 0.1) is 23.2 Å². The van der Waals surface area contributed by atoms with E-state index in [0.717, 1.165) is 5.56 Å². The number of benzene rings is 1. The molecule has 1 aromatic rings. The molecule has 0 unspecified atom stereocenters. The van der Waals surface area contributed by atoms with Crippen LogP contribution in [0.5, 0.6) is 0 Å². The number of ether oxygens (including phenoxy) is 3. The number of hydrogen-bond acceptors (Lipinski definition) is 8. The average Bonchev–Trinajstić information content (AvgIpc) is 3.75. The quantitative estimate of drug-likeness (QED) is 0.298. The van der Waals surface area contributed by atoms with E-state index in [2.05, 4.69) is 5.32 Å². The van der Waals surface area contributed by atoms with E-state index in [4.69, 9.17) is 14.2 Å². The van der Waals surface area contributed by atoms with Crippen molar-refractivity contribution in [1.82, 2.24) is 5.32 Å². The molecule has 9 nitrogen and oxygen atoms in total. The summed E-state index contributed by atoms with van der Waals surface area (Å²) in [4.78, 5) is 40.2. The van der Waals surface area contributed by atoms with E-state index in [1.54, 1.807) is 19.1 Å². The van der Waals surface area contributed by atoms with Gasteiger partial charge in [0.05, 0.1) is 6.10 Å². The van der Waals surface area contributed by atoms with Gasteiger partial charge in [0.25, 0.3) is 0 Å². The lowest BCUT2D eigenvalue weighted by molar-refractivity contribution is -0.178. The number of aliphatic hydroxyl groups is 2. The molecule has 0 radical (unpaired) electrons. The summed E-state index contributed by atoms with van der Waals surface area (Å²) in [6, 6.07) is 9.40. The van der Waals surface area contributed by atoms with Crippen molar-refractivity contribution in [3.8, 4) is 0 Å². The Morgan fingerprint density at radius 3 is 2.51 bits per heavy atom. The van der Waals surface area contributed by atoms with Crippen molar-refractivity contribution in [2.75, 3.05) is 0 Å². The molecule has 0 bridgehead atoms. The lowest BCUT2D eigenvalue weighted by Gasteiger charge is -2.51. The average molecular weight is 540 g/mol. The number of carbonyl (C=O) groups excluding carboxylic acids is 3. The minimum Gasteiger partial charge on any atom is -0.458 e.